The summed E-state index contributed by atoms with van der Waals surface area (Å²) in [4.78, 5) is 10.3. The highest BCUT2D eigenvalue weighted by Crippen LogP contribution is 2.09. The molecule has 0 aromatic heterocycles. The van der Waals surface area contributed by atoms with Crippen molar-refractivity contribution in [2.75, 3.05) is 12.4 Å². The average Bonchev–Trinajstić information content (AvgIpc) is 2.30. The van der Waals surface area contributed by atoms with Crippen molar-refractivity contribution in [3.8, 4) is 0 Å². The largest absolute Gasteiger partial charge is 0.445 e. The summed E-state index contributed by atoms with van der Waals surface area (Å²) in [5.74, 6) is 0. The van der Waals surface area contributed by atoms with Crippen LogP contribution in [-0.2, 0) is 11.3 Å². The van der Waals surface area contributed by atoms with E-state index in [0.29, 0.717) is 0 Å². The van der Waals surface area contributed by atoms with E-state index in [1.807, 2.05) is 45.2 Å². The van der Waals surface area contributed by atoms with Crippen LogP contribution in [0.15, 0.2) is 24.3 Å². The number of primary amides is 1. The molecule has 0 bridgehead atoms. The minimum atomic E-state index is -0.752. The zero-order valence-corrected chi connectivity index (χ0v) is 9.41. The number of carbonyl (C=O) groups is 1. The second kappa shape index (κ2) is 7.67. The lowest BCUT2D eigenvalue weighted by Crippen LogP contribution is -2.12. The molecule has 0 radical (unpaired) electrons. The molecule has 4 heteroatoms. The smallest absolute Gasteiger partial charge is 0.404 e. The molecule has 0 saturated heterocycles. The lowest BCUT2D eigenvalue weighted by atomic mass is 10.2. The molecule has 1 amide bonds. The number of nitrogens with two attached hydrogens (primary N) is 1. The molecule has 0 atom stereocenters. The van der Waals surface area contributed by atoms with Gasteiger partial charge in [-0.15, -0.1) is 0 Å². The molecule has 1 rings (SSSR count). The summed E-state index contributed by atoms with van der Waals surface area (Å²) in [6.07, 6.45) is -0.752. The van der Waals surface area contributed by atoms with E-state index in [1.165, 1.54) is 0 Å². The summed E-state index contributed by atoms with van der Waals surface area (Å²) in [6, 6.07) is 7.54. The lowest BCUT2D eigenvalue weighted by molar-refractivity contribution is 0.150. The van der Waals surface area contributed by atoms with Crippen molar-refractivity contribution >= 4 is 11.8 Å². The topological polar surface area (TPSA) is 64.3 Å². The van der Waals surface area contributed by atoms with E-state index in [4.69, 9.17) is 5.73 Å². The molecule has 0 aliphatic rings. The number of hydrogen-bond donors (Lipinski definition) is 2. The Bertz CT molecular complexity index is 283. The van der Waals surface area contributed by atoms with Gasteiger partial charge in [0.2, 0.25) is 0 Å². The van der Waals surface area contributed by atoms with Crippen molar-refractivity contribution in [1.82, 2.24) is 0 Å². The van der Waals surface area contributed by atoms with Gasteiger partial charge in [-0.3, -0.25) is 0 Å². The number of hydrogen-bond acceptors (Lipinski definition) is 3. The molecule has 1 aromatic carbocycles. The second-order valence-electron chi connectivity index (χ2n) is 2.55. The van der Waals surface area contributed by atoms with E-state index in [2.05, 4.69) is 10.1 Å². The van der Waals surface area contributed by atoms with Gasteiger partial charge in [0.25, 0.3) is 0 Å². The molecule has 0 unspecified atom stereocenters. The fourth-order valence-corrected chi connectivity index (χ4v) is 0.922. The maximum atomic E-state index is 10.3. The molecule has 15 heavy (non-hydrogen) atoms. The van der Waals surface area contributed by atoms with E-state index in [1.54, 1.807) is 0 Å². The third-order valence-corrected chi connectivity index (χ3v) is 1.62. The van der Waals surface area contributed by atoms with E-state index in [-0.39, 0.29) is 6.61 Å². The highest BCUT2D eigenvalue weighted by Gasteiger charge is 1.96. The standard InChI is InChI=1S/C9H12N2O2.C2H6/c1-11-8-4-2-7(3-5-8)6-13-9(10)12;1-2/h2-5,11H,6H2,1H3,(H2,10,12);1-2H3. The molecule has 0 aliphatic carbocycles. The quantitative estimate of drug-likeness (QED) is 0.804. The highest BCUT2D eigenvalue weighted by molar-refractivity contribution is 5.64. The summed E-state index contributed by atoms with van der Waals surface area (Å²) in [5.41, 5.74) is 6.75. The van der Waals surface area contributed by atoms with Gasteiger partial charge in [-0.25, -0.2) is 4.79 Å². The van der Waals surface area contributed by atoms with Crippen LogP contribution in [0, 0.1) is 0 Å². The number of benzene rings is 1. The van der Waals surface area contributed by atoms with Gasteiger partial charge in [0.05, 0.1) is 0 Å². The zero-order chi connectivity index (χ0) is 11.7. The molecule has 1 aromatic rings. The van der Waals surface area contributed by atoms with Gasteiger partial charge in [-0.05, 0) is 17.7 Å². The van der Waals surface area contributed by atoms with Crippen LogP contribution in [0.1, 0.15) is 19.4 Å². The lowest BCUT2D eigenvalue weighted by Gasteiger charge is -2.03. The van der Waals surface area contributed by atoms with Crippen molar-refractivity contribution in [2.45, 2.75) is 20.5 Å². The Morgan fingerprint density at radius 3 is 2.27 bits per heavy atom. The molecule has 0 aliphatic heterocycles. The van der Waals surface area contributed by atoms with E-state index >= 15 is 0 Å². The van der Waals surface area contributed by atoms with Crippen molar-refractivity contribution in [2.24, 2.45) is 5.73 Å². The van der Waals surface area contributed by atoms with Gasteiger partial charge in [-0.2, -0.15) is 0 Å². The molecule has 0 spiro atoms. The van der Waals surface area contributed by atoms with Crippen molar-refractivity contribution < 1.29 is 9.53 Å². The first-order chi connectivity index (χ1) is 7.22. The van der Waals surface area contributed by atoms with Crippen LogP contribution in [0.5, 0.6) is 0 Å². The second-order valence-corrected chi connectivity index (χ2v) is 2.55. The van der Waals surface area contributed by atoms with Gasteiger partial charge in [0.1, 0.15) is 6.61 Å². The van der Waals surface area contributed by atoms with Crippen LogP contribution >= 0.6 is 0 Å². The average molecular weight is 210 g/mol. The molecule has 0 fully saturated rings. The Labute approximate surface area is 90.4 Å². The first-order valence-corrected chi connectivity index (χ1v) is 4.91. The number of rotatable bonds is 3. The van der Waals surface area contributed by atoms with Gasteiger partial charge in [-0.1, -0.05) is 26.0 Å². The van der Waals surface area contributed by atoms with Gasteiger partial charge in [0.15, 0.2) is 0 Å². The SMILES string of the molecule is CC.CNc1ccc(COC(N)=O)cc1. The molecule has 0 heterocycles. The first-order valence-electron chi connectivity index (χ1n) is 4.91. The number of amides is 1. The van der Waals surface area contributed by atoms with E-state index < -0.39 is 6.09 Å². The Balaban J connectivity index is 0.000000921. The summed E-state index contributed by atoms with van der Waals surface area (Å²) in [6.45, 7) is 4.22. The monoisotopic (exact) mass is 210 g/mol. The molecule has 84 valence electrons. The fraction of sp³-hybridized carbons (Fsp3) is 0.364. The molecule has 3 N–H and O–H groups in total. The number of anilines is 1. The maximum absolute atomic E-state index is 10.3. The van der Waals surface area contributed by atoms with Gasteiger partial charge < -0.3 is 15.8 Å². The van der Waals surface area contributed by atoms with Gasteiger partial charge >= 0.3 is 6.09 Å². The first kappa shape index (κ1) is 13.3. The summed E-state index contributed by atoms with van der Waals surface area (Å²) in [5, 5.41) is 2.99. The van der Waals surface area contributed by atoms with Crippen LogP contribution in [0.25, 0.3) is 0 Å². The van der Waals surface area contributed by atoms with Crippen molar-refractivity contribution in [3.63, 3.8) is 0 Å². The highest BCUT2D eigenvalue weighted by atomic mass is 16.5. The number of nitrogens with one attached hydrogen (secondary N) is 1. The fourth-order valence-electron chi connectivity index (χ4n) is 0.922. The number of carbonyl (C=O) groups excluding carboxylic acids is 1. The summed E-state index contributed by atoms with van der Waals surface area (Å²) < 4.78 is 4.62. The summed E-state index contributed by atoms with van der Waals surface area (Å²) >= 11 is 0. The number of ether oxygens (including phenoxy) is 1. The molecular formula is C11H18N2O2. The van der Waals surface area contributed by atoms with Crippen molar-refractivity contribution in [1.29, 1.82) is 0 Å². The zero-order valence-electron chi connectivity index (χ0n) is 9.41. The normalized spacial score (nSPS) is 8.47. The van der Waals surface area contributed by atoms with E-state index in [9.17, 15) is 4.79 Å². The third kappa shape index (κ3) is 5.57. The molecule has 4 nitrogen and oxygen atoms in total. The minimum Gasteiger partial charge on any atom is -0.445 e. The molecular weight excluding hydrogens is 192 g/mol. The Hall–Kier alpha value is -1.71. The molecule has 0 saturated carbocycles. The third-order valence-electron chi connectivity index (χ3n) is 1.62. The maximum Gasteiger partial charge on any atom is 0.404 e. The Morgan fingerprint density at radius 2 is 1.87 bits per heavy atom. The Morgan fingerprint density at radius 1 is 1.33 bits per heavy atom. The predicted octanol–water partition coefficient (Wildman–Crippen LogP) is 2.35. The van der Waals surface area contributed by atoms with Crippen LogP contribution in [-0.4, -0.2) is 13.1 Å². The summed E-state index contributed by atoms with van der Waals surface area (Å²) in [7, 11) is 1.84. The van der Waals surface area contributed by atoms with Crippen LogP contribution < -0.4 is 11.1 Å². The minimum absolute atomic E-state index is 0.222. The van der Waals surface area contributed by atoms with Crippen molar-refractivity contribution in [3.05, 3.63) is 29.8 Å². The van der Waals surface area contributed by atoms with Crippen LogP contribution in [0.3, 0.4) is 0 Å². The predicted molar refractivity (Wildman–Crippen MR) is 61.7 cm³/mol. The van der Waals surface area contributed by atoms with Crippen LogP contribution in [0.2, 0.25) is 0 Å². The van der Waals surface area contributed by atoms with Crippen LogP contribution in [0.4, 0.5) is 10.5 Å². The van der Waals surface area contributed by atoms with Gasteiger partial charge in [0, 0.05) is 12.7 Å². The Kier molecular flexibility index (Phi) is 6.80. The van der Waals surface area contributed by atoms with E-state index in [0.717, 1.165) is 11.3 Å².